The average molecular weight is 544 g/mol. The molecule has 1 saturated heterocycles. The van der Waals surface area contributed by atoms with E-state index in [4.69, 9.17) is 25.8 Å². The Hall–Kier alpha value is -3.40. The smallest absolute Gasteiger partial charge is 0.410 e. The molecule has 9 nitrogen and oxygen atoms in total. The Morgan fingerprint density at radius 1 is 1.21 bits per heavy atom. The Morgan fingerprint density at radius 3 is 2.71 bits per heavy atom. The molecule has 38 heavy (non-hydrogen) atoms. The van der Waals surface area contributed by atoms with Gasteiger partial charge in [0.15, 0.2) is 11.6 Å². The Balaban J connectivity index is 1.31. The minimum absolute atomic E-state index is 0.0887. The van der Waals surface area contributed by atoms with Crippen LogP contribution in [-0.2, 0) is 4.74 Å². The van der Waals surface area contributed by atoms with Crippen LogP contribution in [0.2, 0.25) is 5.02 Å². The predicted molar refractivity (Wildman–Crippen MR) is 142 cm³/mol. The normalized spacial score (nSPS) is 18.7. The Labute approximate surface area is 225 Å². The summed E-state index contributed by atoms with van der Waals surface area (Å²) in [6.45, 7) is 8.41. The van der Waals surface area contributed by atoms with E-state index in [9.17, 15) is 4.79 Å². The molecule has 202 valence electrons. The molecule has 1 aromatic carbocycles. The molecule has 1 aliphatic carbocycles. The van der Waals surface area contributed by atoms with E-state index in [1.807, 2.05) is 27.7 Å². The van der Waals surface area contributed by atoms with Crippen molar-refractivity contribution in [3.8, 4) is 11.6 Å². The number of nitrogens with zero attached hydrogens (tertiary/aromatic N) is 4. The van der Waals surface area contributed by atoms with Crippen LogP contribution >= 0.6 is 11.6 Å². The van der Waals surface area contributed by atoms with Gasteiger partial charge in [0.25, 0.3) is 0 Å². The number of rotatable bonds is 6. The van der Waals surface area contributed by atoms with Gasteiger partial charge in [-0.2, -0.15) is 0 Å². The molecule has 2 fully saturated rings. The Bertz CT molecular complexity index is 1360. The second-order valence-electron chi connectivity index (χ2n) is 11.0. The highest BCUT2D eigenvalue weighted by Gasteiger charge is 2.35. The van der Waals surface area contributed by atoms with E-state index >= 15 is 4.39 Å². The van der Waals surface area contributed by atoms with Crippen molar-refractivity contribution in [2.24, 2.45) is 0 Å². The van der Waals surface area contributed by atoms with Gasteiger partial charge < -0.3 is 24.4 Å². The van der Waals surface area contributed by atoms with E-state index in [1.54, 1.807) is 29.2 Å². The molecule has 2 aromatic heterocycles. The molecular formula is C27H31ClFN5O4. The number of carbonyl (C=O) groups is 1. The lowest BCUT2D eigenvalue weighted by Gasteiger charge is -2.38. The van der Waals surface area contributed by atoms with E-state index in [-0.39, 0.29) is 28.5 Å². The fourth-order valence-corrected chi connectivity index (χ4v) is 4.65. The standard InChI is InChI=1S/C27H31ClFN5O4/c1-26(2,3)38-25(35)34-13-10-16(14-34)36-20-9-7-18-23(33-20)24(31-15-30-18)32-17-6-8-19(21(28)22(17)29)37-27(4)11-5-12-27/h6-9,15-16H,5,10-14H2,1-4H3,(H,30,31,32)/t16-/m0/s1. The zero-order chi connectivity index (χ0) is 27.1. The van der Waals surface area contributed by atoms with Crippen LogP contribution in [0.15, 0.2) is 30.6 Å². The van der Waals surface area contributed by atoms with Crippen molar-refractivity contribution in [1.29, 1.82) is 0 Å². The molecule has 0 unspecified atom stereocenters. The number of carbonyl (C=O) groups excluding carboxylic acids is 1. The third-order valence-electron chi connectivity index (χ3n) is 6.61. The molecule has 0 radical (unpaired) electrons. The van der Waals surface area contributed by atoms with Crippen molar-refractivity contribution in [2.45, 2.75) is 70.7 Å². The summed E-state index contributed by atoms with van der Waals surface area (Å²) in [6.07, 6.45) is 4.31. The monoisotopic (exact) mass is 543 g/mol. The first-order valence-electron chi connectivity index (χ1n) is 12.7. The molecule has 3 aromatic rings. The largest absolute Gasteiger partial charge is 0.486 e. The van der Waals surface area contributed by atoms with Gasteiger partial charge in [0, 0.05) is 19.0 Å². The SMILES string of the molecule is CC(C)(C)OC(=O)N1CC[C@H](Oc2ccc3ncnc(Nc4ccc(OC5(C)CCC5)c(Cl)c4F)c3n2)C1. The maximum absolute atomic E-state index is 15.2. The first-order valence-corrected chi connectivity index (χ1v) is 13.1. The number of benzene rings is 1. The predicted octanol–water partition coefficient (Wildman–Crippen LogP) is 6.27. The first kappa shape index (κ1) is 26.2. The van der Waals surface area contributed by atoms with E-state index < -0.39 is 11.4 Å². The minimum atomic E-state index is -0.639. The molecule has 1 N–H and O–H groups in total. The van der Waals surface area contributed by atoms with Crippen LogP contribution in [0.1, 0.15) is 53.4 Å². The minimum Gasteiger partial charge on any atom is -0.486 e. The van der Waals surface area contributed by atoms with Crippen molar-refractivity contribution in [3.63, 3.8) is 0 Å². The van der Waals surface area contributed by atoms with Gasteiger partial charge in [0.2, 0.25) is 5.88 Å². The van der Waals surface area contributed by atoms with Crippen LogP contribution in [0.25, 0.3) is 11.0 Å². The molecule has 0 bridgehead atoms. The molecule has 11 heteroatoms. The van der Waals surface area contributed by atoms with E-state index in [0.717, 1.165) is 19.3 Å². The van der Waals surface area contributed by atoms with Crippen LogP contribution < -0.4 is 14.8 Å². The number of anilines is 2. The lowest BCUT2D eigenvalue weighted by Crippen LogP contribution is -2.39. The van der Waals surface area contributed by atoms with E-state index in [0.29, 0.717) is 48.0 Å². The van der Waals surface area contributed by atoms with Gasteiger partial charge in [-0.3, -0.25) is 0 Å². The van der Waals surface area contributed by atoms with E-state index in [2.05, 4.69) is 20.3 Å². The molecule has 3 heterocycles. The van der Waals surface area contributed by atoms with Gasteiger partial charge in [-0.05, 0) is 65.2 Å². The van der Waals surface area contributed by atoms with Gasteiger partial charge >= 0.3 is 6.09 Å². The number of pyridine rings is 1. The number of hydrogen-bond acceptors (Lipinski definition) is 8. The molecular weight excluding hydrogens is 513 g/mol. The summed E-state index contributed by atoms with van der Waals surface area (Å²) < 4.78 is 32.7. The number of aromatic nitrogens is 3. The number of halogens is 2. The third-order valence-corrected chi connectivity index (χ3v) is 6.96. The molecule has 1 atom stereocenters. The first-order chi connectivity index (χ1) is 18.0. The Morgan fingerprint density at radius 2 is 2.00 bits per heavy atom. The zero-order valence-corrected chi connectivity index (χ0v) is 22.6. The van der Waals surface area contributed by atoms with Crippen molar-refractivity contribution < 1.29 is 23.4 Å². The summed E-state index contributed by atoms with van der Waals surface area (Å²) in [6, 6.07) is 6.68. The molecule has 5 rings (SSSR count). The van der Waals surface area contributed by atoms with Crippen LogP contribution in [-0.4, -0.2) is 56.3 Å². The van der Waals surface area contributed by atoms with Crippen molar-refractivity contribution in [1.82, 2.24) is 19.9 Å². The number of fused-ring (bicyclic) bond motifs is 1. The molecule has 1 aliphatic heterocycles. The number of amides is 1. The van der Waals surface area contributed by atoms with Crippen LogP contribution in [0.3, 0.4) is 0 Å². The third kappa shape index (κ3) is 5.70. The second kappa shape index (κ2) is 10.1. The van der Waals surface area contributed by atoms with Gasteiger partial charge in [-0.25, -0.2) is 24.1 Å². The highest BCUT2D eigenvalue weighted by molar-refractivity contribution is 6.32. The molecule has 0 spiro atoms. The van der Waals surface area contributed by atoms with Crippen molar-refractivity contribution in [3.05, 3.63) is 41.4 Å². The average Bonchev–Trinajstić information content (AvgIpc) is 3.31. The van der Waals surface area contributed by atoms with Gasteiger partial charge in [0.05, 0.1) is 17.7 Å². The lowest BCUT2D eigenvalue weighted by molar-refractivity contribution is 0.0111. The van der Waals surface area contributed by atoms with Crippen LogP contribution in [0.4, 0.5) is 20.7 Å². The summed E-state index contributed by atoms with van der Waals surface area (Å²) in [4.78, 5) is 27.1. The van der Waals surface area contributed by atoms with Crippen LogP contribution in [0, 0.1) is 5.82 Å². The molecule has 2 aliphatic rings. The highest BCUT2D eigenvalue weighted by atomic mass is 35.5. The van der Waals surface area contributed by atoms with Crippen LogP contribution in [0.5, 0.6) is 11.6 Å². The highest BCUT2D eigenvalue weighted by Crippen LogP contribution is 2.41. The Kier molecular flexibility index (Phi) is 6.94. The van der Waals surface area contributed by atoms with Crippen molar-refractivity contribution in [2.75, 3.05) is 18.4 Å². The van der Waals surface area contributed by atoms with Gasteiger partial charge in [-0.1, -0.05) is 11.6 Å². The maximum atomic E-state index is 15.2. The number of hydrogen-bond donors (Lipinski definition) is 1. The fraction of sp³-hybridized carbons (Fsp3) is 0.481. The number of ether oxygens (including phenoxy) is 3. The fourth-order valence-electron chi connectivity index (χ4n) is 4.44. The van der Waals surface area contributed by atoms with Gasteiger partial charge in [0.1, 0.15) is 39.9 Å². The quantitative estimate of drug-likeness (QED) is 0.388. The summed E-state index contributed by atoms with van der Waals surface area (Å²) in [5.41, 5.74) is 0.228. The second-order valence-corrected chi connectivity index (χ2v) is 11.3. The zero-order valence-electron chi connectivity index (χ0n) is 21.9. The summed E-state index contributed by atoms with van der Waals surface area (Å²) >= 11 is 6.31. The summed E-state index contributed by atoms with van der Waals surface area (Å²) in [5, 5.41) is 2.90. The molecule has 1 saturated carbocycles. The van der Waals surface area contributed by atoms with Gasteiger partial charge in [-0.15, -0.1) is 0 Å². The lowest BCUT2D eigenvalue weighted by atomic mass is 9.82. The summed E-state index contributed by atoms with van der Waals surface area (Å²) in [7, 11) is 0. The van der Waals surface area contributed by atoms with E-state index in [1.165, 1.54) is 6.33 Å². The van der Waals surface area contributed by atoms with Crippen molar-refractivity contribution >= 4 is 40.2 Å². The maximum Gasteiger partial charge on any atom is 0.410 e. The molecule has 1 amide bonds. The number of nitrogens with one attached hydrogen (secondary N) is 1. The number of likely N-dealkylation sites (tertiary alicyclic amines) is 1. The topological polar surface area (TPSA) is 98.7 Å². The summed E-state index contributed by atoms with van der Waals surface area (Å²) in [5.74, 6) is 0.328.